The van der Waals surface area contributed by atoms with Gasteiger partial charge in [0.15, 0.2) is 0 Å². The fraction of sp³-hybridized carbons (Fsp3) is 0.200. The molecule has 0 radical (unpaired) electrons. The van der Waals surface area contributed by atoms with Gasteiger partial charge in [-0.25, -0.2) is 9.97 Å². The number of thiazole rings is 1. The average Bonchev–Trinajstić information content (AvgIpc) is 3.01. The van der Waals surface area contributed by atoms with Crippen LogP contribution in [0.4, 0.5) is 17.5 Å². The minimum atomic E-state index is 0.233. The number of nitrogens with one attached hydrogen (secondary N) is 2. The summed E-state index contributed by atoms with van der Waals surface area (Å²) in [5, 5.41) is 7.72. The Morgan fingerprint density at radius 3 is 2.70 bits per heavy atom. The van der Waals surface area contributed by atoms with Crippen molar-refractivity contribution in [2.45, 2.75) is 26.8 Å². The summed E-state index contributed by atoms with van der Waals surface area (Å²) in [7, 11) is 0. The highest BCUT2D eigenvalue weighted by molar-refractivity contribution is 7.18. The summed E-state index contributed by atoms with van der Waals surface area (Å²) in [6, 6.07) is 12.2. The highest BCUT2D eigenvalue weighted by Crippen LogP contribution is 2.27. The summed E-state index contributed by atoms with van der Waals surface area (Å²) in [4.78, 5) is 18.0. The van der Waals surface area contributed by atoms with E-state index >= 15 is 0 Å². The van der Waals surface area contributed by atoms with E-state index in [0.29, 0.717) is 5.95 Å². The van der Waals surface area contributed by atoms with Gasteiger partial charge >= 0.3 is 0 Å². The molecule has 27 heavy (non-hydrogen) atoms. The van der Waals surface area contributed by atoms with Crippen molar-refractivity contribution in [3.05, 3.63) is 53.8 Å². The lowest BCUT2D eigenvalue weighted by atomic mass is 10.2. The number of rotatable bonds is 5. The van der Waals surface area contributed by atoms with E-state index < -0.39 is 0 Å². The zero-order valence-corrected chi connectivity index (χ0v) is 16.2. The van der Waals surface area contributed by atoms with Crippen molar-refractivity contribution in [3.63, 3.8) is 0 Å². The molecule has 0 bridgehead atoms. The number of aromatic nitrogens is 4. The molecule has 2 N–H and O–H groups in total. The summed E-state index contributed by atoms with van der Waals surface area (Å²) in [5.41, 5.74) is 3.69. The van der Waals surface area contributed by atoms with Crippen LogP contribution in [0.1, 0.15) is 18.9 Å². The van der Waals surface area contributed by atoms with E-state index in [9.17, 15) is 0 Å². The van der Waals surface area contributed by atoms with Gasteiger partial charge < -0.3 is 10.6 Å². The molecule has 4 rings (SSSR count). The Morgan fingerprint density at radius 2 is 1.93 bits per heavy atom. The predicted molar refractivity (Wildman–Crippen MR) is 112 cm³/mol. The van der Waals surface area contributed by atoms with Crippen LogP contribution in [-0.2, 0) is 0 Å². The summed E-state index contributed by atoms with van der Waals surface area (Å²) in [5.74, 6) is 1.30. The van der Waals surface area contributed by atoms with Crippen molar-refractivity contribution in [2.24, 2.45) is 0 Å². The molecule has 4 aromatic rings. The first kappa shape index (κ1) is 17.4. The molecule has 6 nitrogen and oxygen atoms in total. The van der Waals surface area contributed by atoms with Crippen LogP contribution in [0.25, 0.3) is 21.5 Å². The maximum absolute atomic E-state index is 4.63. The second-order valence-electron chi connectivity index (χ2n) is 6.54. The van der Waals surface area contributed by atoms with E-state index in [4.69, 9.17) is 0 Å². The fourth-order valence-electron chi connectivity index (χ4n) is 2.76. The lowest BCUT2D eigenvalue weighted by molar-refractivity contribution is 0.876. The number of fused-ring (bicyclic) bond motifs is 1. The average molecular weight is 376 g/mol. The molecule has 3 heterocycles. The van der Waals surface area contributed by atoms with E-state index in [1.54, 1.807) is 23.7 Å². The van der Waals surface area contributed by atoms with Gasteiger partial charge in [0.05, 0.1) is 20.9 Å². The van der Waals surface area contributed by atoms with E-state index in [1.165, 1.54) is 4.70 Å². The number of aryl methyl sites for hydroxylation is 1. The number of hydrogen-bond acceptors (Lipinski definition) is 7. The molecule has 0 aliphatic heterocycles. The van der Waals surface area contributed by atoms with Crippen LogP contribution in [-0.4, -0.2) is 26.0 Å². The quantitative estimate of drug-likeness (QED) is 0.509. The van der Waals surface area contributed by atoms with Gasteiger partial charge in [0, 0.05) is 35.8 Å². The van der Waals surface area contributed by atoms with Gasteiger partial charge in [-0.3, -0.25) is 4.98 Å². The van der Waals surface area contributed by atoms with Crippen molar-refractivity contribution < 1.29 is 0 Å². The Labute approximate surface area is 161 Å². The SMILES string of the molecule is Cc1nc2cc(Nc3cc(-c4cccnc4)nc(NC(C)C)n3)ccc2s1. The van der Waals surface area contributed by atoms with Gasteiger partial charge in [0.25, 0.3) is 0 Å². The Balaban J connectivity index is 1.71. The van der Waals surface area contributed by atoms with Crippen LogP contribution < -0.4 is 10.6 Å². The lowest BCUT2D eigenvalue weighted by Gasteiger charge is -2.13. The second kappa shape index (κ2) is 7.28. The van der Waals surface area contributed by atoms with Crippen molar-refractivity contribution >= 4 is 39.0 Å². The molecular weight excluding hydrogens is 356 g/mol. The maximum Gasteiger partial charge on any atom is 0.225 e. The van der Waals surface area contributed by atoms with Gasteiger partial charge in [-0.2, -0.15) is 4.98 Å². The molecule has 0 saturated heterocycles. The van der Waals surface area contributed by atoms with Gasteiger partial charge in [0.1, 0.15) is 5.82 Å². The predicted octanol–water partition coefficient (Wildman–Crippen LogP) is 5.02. The van der Waals surface area contributed by atoms with Crippen LogP contribution in [0.15, 0.2) is 48.8 Å². The van der Waals surface area contributed by atoms with Gasteiger partial charge in [-0.15, -0.1) is 11.3 Å². The van der Waals surface area contributed by atoms with E-state index in [2.05, 4.69) is 50.5 Å². The van der Waals surface area contributed by atoms with E-state index in [0.717, 1.165) is 33.3 Å². The van der Waals surface area contributed by atoms with Crippen molar-refractivity contribution in [3.8, 4) is 11.3 Å². The van der Waals surface area contributed by atoms with Crippen LogP contribution >= 0.6 is 11.3 Å². The Hall–Kier alpha value is -3.06. The first-order valence-corrected chi connectivity index (χ1v) is 9.59. The number of hydrogen-bond donors (Lipinski definition) is 2. The van der Waals surface area contributed by atoms with Gasteiger partial charge in [-0.1, -0.05) is 0 Å². The summed E-state index contributed by atoms with van der Waals surface area (Å²) >= 11 is 1.69. The largest absolute Gasteiger partial charge is 0.352 e. The van der Waals surface area contributed by atoms with Crippen LogP contribution in [0.2, 0.25) is 0 Å². The Bertz CT molecular complexity index is 1070. The first-order chi connectivity index (χ1) is 13.1. The fourth-order valence-corrected chi connectivity index (χ4v) is 3.57. The third-order valence-corrected chi connectivity index (χ3v) is 4.82. The maximum atomic E-state index is 4.63. The molecule has 1 aromatic carbocycles. The molecule has 0 saturated carbocycles. The van der Waals surface area contributed by atoms with Crippen molar-refractivity contribution in [1.82, 2.24) is 19.9 Å². The van der Waals surface area contributed by atoms with Gasteiger partial charge in [0.2, 0.25) is 5.95 Å². The summed E-state index contributed by atoms with van der Waals surface area (Å²) in [6.07, 6.45) is 3.55. The second-order valence-corrected chi connectivity index (χ2v) is 7.78. The summed E-state index contributed by atoms with van der Waals surface area (Å²) in [6.45, 7) is 6.14. The molecule has 0 atom stereocenters. The number of benzene rings is 1. The van der Waals surface area contributed by atoms with E-state index in [-0.39, 0.29) is 6.04 Å². The molecule has 3 aromatic heterocycles. The number of pyridine rings is 1. The highest BCUT2D eigenvalue weighted by Gasteiger charge is 2.09. The third kappa shape index (κ3) is 4.03. The monoisotopic (exact) mass is 376 g/mol. The smallest absolute Gasteiger partial charge is 0.225 e. The molecule has 0 spiro atoms. The topological polar surface area (TPSA) is 75.6 Å². The first-order valence-electron chi connectivity index (χ1n) is 8.77. The normalized spacial score (nSPS) is 11.1. The Morgan fingerprint density at radius 1 is 1.04 bits per heavy atom. The molecule has 7 heteroatoms. The zero-order chi connectivity index (χ0) is 18.8. The molecule has 0 aliphatic rings. The van der Waals surface area contributed by atoms with Crippen molar-refractivity contribution in [2.75, 3.05) is 10.6 Å². The molecule has 0 aliphatic carbocycles. The summed E-state index contributed by atoms with van der Waals surface area (Å²) < 4.78 is 1.18. The minimum Gasteiger partial charge on any atom is -0.352 e. The third-order valence-electron chi connectivity index (χ3n) is 3.87. The van der Waals surface area contributed by atoms with E-state index in [1.807, 2.05) is 37.3 Å². The minimum absolute atomic E-state index is 0.233. The van der Waals surface area contributed by atoms with Crippen LogP contribution in [0.5, 0.6) is 0 Å². The zero-order valence-electron chi connectivity index (χ0n) is 15.4. The lowest BCUT2D eigenvalue weighted by Crippen LogP contribution is -2.13. The van der Waals surface area contributed by atoms with Crippen LogP contribution in [0, 0.1) is 6.92 Å². The van der Waals surface area contributed by atoms with Crippen LogP contribution in [0.3, 0.4) is 0 Å². The highest BCUT2D eigenvalue weighted by atomic mass is 32.1. The molecule has 0 amide bonds. The molecule has 0 fully saturated rings. The van der Waals surface area contributed by atoms with Crippen molar-refractivity contribution in [1.29, 1.82) is 0 Å². The number of anilines is 3. The molecule has 0 unspecified atom stereocenters. The molecule has 136 valence electrons. The molecular formula is C20H20N6S. The number of nitrogens with zero attached hydrogens (tertiary/aromatic N) is 4. The Kier molecular flexibility index (Phi) is 4.68. The van der Waals surface area contributed by atoms with Gasteiger partial charge in [-0.05, 0) is 51.1 Å². The standard InChI is InChI=1S/C20H20N6S/c1-12(2)22-20-25-16(14-5-4-8-21-11-14)10-19(26-20)24-15-6-7-18-17(9-15)23-13(3)27-18/h4-12H,1-3H3,(H2,22,24,25,26).